The van der Waals surface area contributed by atoms with E-state index in [-0.39, 0.29) is 6.10 Å². The van der Waals surface area contributed by atoms with Crippen molar-refractivity contribution in [2.45, 2.75) is 70.6 Å². The van der Waals surface area contributed by atoms with E-state index in [2.05, 4.69) is 19.2 Å². The number of hydrogen-bond acceptors (Lipinski definition) is 3. The molecule has 4 unspecified atom stereocenters. The third kappa shape index (κ3) is 2.24. The van der Waals surface area contributed by atoms with Crippen molar-refractivity contribution in [1.29, 1.82) is 0 Å². The van der Waals surface area contributed by atoms with Crippen molar-refractivity contribution in [3.63, 3.8) is 0 Å². The first-order valence-corrected chi connectivity index (χ1v) is 8.18. The molecular weight excluding hydrogens is 238 g/mol. The van der Waals surface area contributed by atoms with Crippen molar-refractivity contribution in [3.8, 4) is 0 Å². The third-order valence-corrected chi connectivity index (χ3v) is 5.86. The van der Waals surface area contributed by atoms with Crippen molar-refractivity contribution in [3.05, 3.63) is 0 Å². The molecule has 2 saturated carbocycles. The fourth-order valence-electron chi connectivity index (χ4n) is 4.73. The first-order chi connectivity index (χ1) is 9.15. The standard InChI is InChI=1S/C16H29NO2/c1-11(2)13(18)5-9-17-14-12-6-10-19-15(12)16(14)7-3-4-8-16/h11-15,17-18H,3-10H2,1-2H3. The maximum absolute atomic E-state index is 9.91. The van der Waals surface area contributed by atoms with Crippen LogP contribution in [0.25, 0.3) is 0 Å². The molecule has 3 heteroatoms. The predicted molar refractivity (Wildman–Crippen MR) is 76.0 cm³/mol. The molecule has 1 aliphatic heterocycles. The molecule has 2 aliphatic carbocycles. The van der Waals surface area contributed by atoms with E-state index in [9.17, 15) is 5.11 Å². The van der Waals surface area contributed by atoms with Crippen LogP contribution in [0.4, 0.5) is 0 Å². The Kier molecular flexibility index (Phi) is 3.89. The largest absolute Gasteiger partial charge is 0.393 e. The van der Waals surface area contributed by atoms with E-state index in [4.69, 9.17) is 4.74 Å². The molecule has 3 fully saturated rings. The highest BCUT2D eigenvalue weighted by Gasteiger charge is 2.64. The van der Waals surface area contributed by atoms with Crippen molar-refractivity contribution < 1.29 is 9.84 Å². The maximum atomic E-state index is 9.91. The van der Waals surface area contributed by atoms with E-state index in [1.807, 2.05) is 0 Å². The molecule has 1 spiro atoms. The van der Waals surface area contributed by atoms with Crippen LogP contribution >= 0.6 is 0 Å². The highest BCUT2D eigenvalue weighted by molar-refractivity contribution is 5.16. The second-order valence-corrected chi connectivity index (χ2v) is 7.22. The van der Waals surface area contributed by atoms with Crippen LogP contribution in [0.1, 0.15) is 52.4 Å². The van der Waals surface area contributed by atoms with E-state index in [1.165, 1.54) is 32.1 Å². The average molecular weight is 267 g/mol. The Hall–Kier alpha value is -0.120. The molecule has 4 atom stereocenters. The summed E-state index contributed by atoms with van der Waals surface area (Å²) in [6.45, 7) is 6.10. The summed E-state index contributed by atoms with van der Waals surface area (Å²) in [5, 5.41) is 13.7. The number of rotatable bonds is 5. The van der Waals surface area contributed by atoms with Crippen molar-refractivity contribution >= 4 is 0 Å². The molecule has 3 nitrogen and oxygen atoms in total. The van der Waals surface area contributed by atoms with Gasteiger partial charge in [0.25, 0.3) is 0 Å². The quantitative estimate of drug-likeness (QED) is 0.803. The van der Waals surface area contributed by atoms with Crippen LogP contribution in [-0.2, 0) is 4.74 Å². The van der Waals surface area contributed by atoms with Gasteiger partial charge in [-0.25, -0.2) is 0 Å². The van der Waals surface area contributed by atoms with Crippen LogP contribution in [0.15, 0.2) is 0 Å². The lowest BCUT2D eigenvalue weighted by molar-refractivity contribution is -0.130. The van der Waals surface area contributed by atoms with E-state index in [1.54, 1.807) is 0 Å². The van der Waals surface area contributed by atoms with Gasteiger partial charge < -0.3 is 15.2 Å². The molecule has 3 aliphatic rings. The van der Waals surface area contributed by atoms with Gasteiger partial charge in [0.15, 0.2) is 0 Å². The number of fused-ring (bicyclic) bond motifs is 2. The van der Waals surface area contributed by atoms with Crippen LogP contribution in [0, 0.1) is 17.3 Å². The molecule has 0 bridgehead atoms. The summed E-state index contributed by atoms with van der Waals surface area (Å²) < 4.78 is 6.00. The minimum absolute atomic E-state index is 0.164. The lowest BCUT2D eigenvalue weighted by Crippen LogP contribution is -2.67. The summed E-state index contributed by atoms with van der Waals surface area (Å²) in [6, 6.07) is 0.655. The minimum Gasteiger partial charge on any atom is -0.393 e. The fraction of sp³-hybridized carbons (Fsp3) is 1.00. The molecule has 0 amide bonds. The summed E-state index contributed by atoms with van der Waals surface area (Å²) in [7, 11) is 0. The second kappa shape index (κ2) is 5.34. The Labute approximate surface area is 117 Å². The van der Waals surface area contributed by atoms with Crippen molar-refractivity contribution in [2.75, 3.05) is 13.2 Å². The van der Waals surface area contributed by atoms with Gasteiger partial charge in [-0.1, -0.05) is 26.7 Å². The second-order valence-electron chi connectivity index (χ2n) is 7.22. The molecule has 0 aromatic carbocycles. The molecule has 19 heavy (non-hydrogen) atoms. The van der Waals surface area contributed by atoms with Gasteiger partial charge in [0.05, 0.1) is 12.2 Å². The van der Waals surface area contributed by atoms with Crippen molar-refractivity contribution in [2.24, 2.45) is 17.3 Å². The summed E-state index contributed by atoms with van der Waals surface area (Å²) in [4.78, 5) is 0. The third-order valence-electron chi connectivity index (χ3n) is 5.86. The first-order valence-electron chi connectivity index (χ1n) is 8.18. The Morgan fingerprint density at radius 1 is 1.32 bits per heavy atom. The normalized spacial score (nSPS) is 37.6. The number of nitrogens with one attached hydrogen (secondary N) is 1. The monoisotopic (exact) mass is 267 g/mol. The molecule has 2 N–H and O–H groups in total. The molecule has 0 radical (unpaired) electrons. The van der Waals surface area contributed by atoms with Crippen LogP contribution in [-0.4, -0.2) is 36.5 Å². The lowest BCUT2D eigenvalue weighted by atomic mass is 9.54. The van der Waals surface area contributed by atoms with Gasteiger partial charge >= 0.3 is 0 Å². The van der Waals surface area contributed by atoms with Gasteiger partial charge in [-0.05, 0) is 38.1 Å². The molecule has 1 heterocycles. The van der Waals surface area contributed by atoms with Crippen molar-refractivity contribution in [1.82, 2.24) is 5.32 Å². The van der Waals surface area contributed by atoms with E-state index < -0.39 is 0 Å². The highest BCUT2D eigenvalue weighted by Crippen LogP contribution is 2.60. The predicted octanol–water partition coefficient (Wildman–Crippen LogP) is 2.33. The fourth-order valence-corrected chi connectivity index (χ4v) is 4.73. The SMILES string of the molecule is CC(C)C(O)CCNC1C2CCOC2C12CCCC2. The summed E-state index contributed by atoms with van der Waals surface area (Å²) in [6.07, 6.45) is 7.93. The zero-order valence-corrected chi connectivity index (χ0v) is 12.4. The number of aliphatic hydroxyl groups excluding tert-OH is 1. The van der Waals surface area contributed by atoms with E-state index in [0.717, 1.165) is 25.5 Å². The smallest absolute Gasteiger partial charge is 0.0690 e. The Morgan fingerprint density at radius 2 is 2.05 bits per heavy atom. The van der Waals surface area contributed by atoms with Gasteiger partial charge in [-0.3, -0.25) is 0 Å². The number of hydrogen-bond donors (Lipinski definition) is 2. The Morgan fingerprint density at radius 3 is 2.74 bits per heavy atom. The maximum Gasteiger partial charge on any atom is 0.0690 e. The zero-order valence-electron chi connectivity index (χ0n) is 12.4. The number of ether oxygens (including phenoxy) is 1. The van der Waals surface area contributed by atoms with E-state index >= 15 is 0 Å². The molecule has 0 aromatic rings. The molecule has 110 valence electrons. The van der Waals surface area contributed by atoms with Crippen LogP contribution in [0.5, 0.6) is 0 Å². The van der Waals surface area contributed by atoms with Gasteiger partial charge in [0.2, 0.25) is 0 Å². The lowest BCUT2D eigenvalue weighted by Gasteiger charge is -2.57. The van der Waals surface area contributed by atoms with E-state index in [0.29, 0.717) is 23.5 Å². The Balaban J connectivity index is 1.54. The average Bonchev–Trinajstić information content (AvgIpc) is 3.01. The summed E-state index contributed by atoms with van der Waals surface area (Å²) >= 11 is 0. The molecular formula is C16H29NO2. The van der Waals surface area contributed by atoms with Crippen LogP contribution < -0.4 is 5.32 Å². The number of aliphatic hydroxyl groups is 1. The zero-order chi connectivity index (χ0) is 13.5. The van der Waals surface area contributed by atoms with Gasteiger partial charge in [0.1, 0.15) is 0 Å². The minimum atomic E-state index is -0.164. The van der Waals surface area contributed by atoms with Crippen LogP contribution in [0.2, 0.25) is 0 Å². The van der Waals surface area contributed by atoms with Gasteiger partial charge in [0, 0.05) is 24.0 Å². The molecule has 3 rings (SSSR count). The topological polar surface area (TPSA) is 41.5 Å². The Bertz CT molecular complexity index is 312. The van der Waals surface area contributed by atoms with Crippen LogP contribution in [0.3, 0.4) is 0 Å². The summed E-state index contributed by atoms with van der Waals surface area (Å²) in [5.41, 5.74) is 0.448. The van der Waals surface area contributed by atoms with Gasteiger partial charge in [-0.15, -0.1) is 0 Å². The summed E-state index contributed by atoms with van der Waals surface area (Å²) in [5.74, 6) is 1.11. The first kappa shape index (κ1) is 13.8. The van der Waals surface area contributed by atoms with Gasteiger partial charge in [-0.2, -0.15) is 0 Å². The molecule has 0 aromatic heterocycles. The molecule has 1 saturated heterocycles. The highest BCUT2D eigenvalue weighted by atomic mass is 16.5.